The van der Waals surface area contributed by atoms with Crippen molar-refractivity contribution in [3.8, 4) is 0 Å². The molecule has 3 rings (SSSR count). The van der Waals surface area contributed by atoms with E-state index in [9.17, 15) is 0 Å². The Balaban J connectivity index is 1.76. The fraction of sp³-hybridized carbons (Fsp3) is 0.500. The summed E-state index contributed by atoms with van der Waals surface area (Å²) in [6, 6.07) is 9.65. The highest BCUT2D eigenvalue weighted by molar-refractivity contribution is 7.11. The minimum absolute atomic E-state index is 0.593. The number of hydrogen-bond acceptors (Lipinski definition) is 3. The van der Waals surface area contributed by atoms with Gasteiger partial charge in [-0.25, -0.2) is 0 Å². The first kappa shape index (κ1) is 13.3. The average Bonchev–Trinajstić information content (AvgIpc) is 3.17. The zero-order chi connectivity index (χ0) is 13.1. The maximum absolute atomic E-state index is 2.66. The van der Waals surface area contributed by atoms with E-state index in [1.807, 2.05) is 22.7 Å². The SMILES string of the molecule is CC(CC(c1cccs1)c1cccs1)N1CCCC1. The Labute approximate surface area is 123 Å². The predicted molar refractivity (Wildman–Crippen MR) is 85.4 cm³/mol. The number of nitrogens with zero attached hydrogens (tertiary/aromatic N) is 1. The van der Waals surface area contributed by atoms with Gasteiger partial charge >= 0.3 is 0 Å². The first-order valence-corrected chi connectivity index (χ1v) is 8.91. The molecule has 0 bridgehead atoms. The zero-order valence-corrected chi connectivity index (χ0v) is 13.1. The van der Waals surface area contributed by atoms with Crippen molar-refractivity contribution in [1.82, 2.24) is 4.90 Å². The van der Waals surface area contributed by atoms with Gasteiger partial charge in [-0.05, 0) is 62.2 Å². The van der Waals surface area contributed by atoms with E-state index in [0.29, 0.717) is 12.0 Å². The van der Waals surface area contributed by atoms with Crippen molar-refractivity contribution in [3.63, 3.8) is 0 Å². The summed E-state index contributed by atoms with van der Waals surface area (Å²) in [5.74, 6) is 0.593. The van der Waals surface area contributed by atoms with E-state index in [0.717, 1.165) is 0 Å². The summed E-state index contributed by atoms with van der Waals surface area (Å²) in [6.45, 7) is 4.99. The Kier molecular flexibility index (Phi) is 4.36. The molecule has 1 nitrogen and oxygen atoms in total. The van der Waals surface area contributed by atoms with Crippen molar-refractivity contribution < 1.29 is 0 Å². The molecule has 19 heavy (non-hydrogen) atoms. The van der Waals surface area contributed by atoms with Crippen LogP contribution in [0.2, 0.25) is 0 Å². The molecule has 0 aliphatic carbocycles. The third kappa shape index (κ3) is 3.10. The molecule has 1 saturated heterocycles. The normalized spacial score (nSPS) is 18.2. The van der Waals surface area contributed by atoms with Crippen LogP contribution >= 0.6 is 22.7 Å². The summed E-state index contributed by atoms with van der Waals surface area (Å²) < 4.78 is 0. The second-order valence-corrected chi connectivity index (χ2v) is 7.37. The van der Waals surface area contributed by atoms with Crippen molar-refractivity contribution in [2.75, 3.05) is 13.1 Å². The summed E-state index contributed by atoms with van der Waals surface area (Å²) >= 11 is 3.80. The molecule has 0 amide bonds. The quantitative estimate of drug-likeness (QED) is 0.763. The smallest absolute Gasteiger partial charge is 0.0292 e. The molecule has 1 fully saturated rings. The summed E-state index contributed by atoms with van der Waals surface area (Å²) in [4.78, 5) is 5.70. The molecule has 1 aliphatic rings. The Morgan fingerprint density at radius 2 is 1.63 bits per heavy atom. The van der Waals surface area contributed by atoms with Gasteiger partial charge in [0.1, 0.15) is 0 Å². The van der Waals surface area contributed by atoms with Crippen molar-refractivity contribution in [2.24, 2.45) is 0 Å². The van der Waals surface area contributed by atoms with Gasteiger partial charge in [0.25, 0.3) is 0 Å². The Morgan fingerprint density at radius 1 is 1.05 bits per heavy atom. The molecule has 2 aromatic rings. The summed E-state index contributed by atoms with van der Waals surface area (Å²) in [6.07, 6.45) is 4.01. The molecule has 3 heteroatoms. The molecule has 0 spiro atoms. The van der Waals surface area contributed by atoms with Crippen molar-refractivity contribution in [1.29, 1.82) is 0 Å². The maximum atomic E-state index is 2.66. The fourth-order valence-corrected chi connectivity index (χ4v) is 4.82. The minimum Gasteiger partial charge on any atom is -0.301 e. The lowest BCUT2D eigenvalue weighted by Crippen LogP contribution is -2.31. The number of likely N-dealkylation sites (tertiary alicyclic amines) is 1. The summed E-state index contributed by atoms with van der Waals surface area (Å²) in [7, 11) is 0. The van der Waals surface area contributed by atoms with Gasteiger partial charge in [0, 0.05) is 21.7 Å². The van der Waals surface area contributed by atoms with Crippen LogP contribution in [0.15, 0.2) is 35.0 Å². The molecule has 1 unspecified atom stereocenters. The van der Waals surface area contributed by atoms with E-state index in [-0.39, 0.29) is 0 Å². The molecule has 3 heterocycles. The highest BCUT2D eigenvalue weighted by Crippen LogP contribution is 2.36. The van der Waals surface area contributed by atoms with Gasteiger partial charge in [-0.15, -0.1) is 22.7 Å². The molecule has 1 atom stereocenters. The minimum atomic E-state index is 0.593. The Bertz CT molecular complexity index is 435. The number of hydrogen-bond donors (Lipinski definition) is 0. The Hall–Kier alpha value is -0.640. The van der Waals surface area contributed by atoms with Gasteiger partial charge in [-0.2, -0.15) is 0 Å². The van der Waals surface area contributed by atoms with Gasteiger partial charge in [0.15, 0.2) is 0 Å². The van der Waals surface area contributed by atoms with Crippen LogP contribution in [-0.2, 0) is 0 Å². The lowest BCUT2D eigenvalue weighted by atomic mass is 9.96. The molecule has 1 aliphatic heterocycles. The molecule has 0 saturated carbocycles. The van der Waals surface area contributed by atoms with Gasteiger partial charge < -0.3 is 4.90 Å². The summed E-state index contributed by atoms with van der Waals surface area (Å²) in [5, 5.41) is 4.41. The fourth-order valence-electron chi connectivity index (χ4n) is 3.02. The van der Waals surface area contributed by atoms with Crippen LogP contribution in [0.1, 0.15) is 41.9 Å². The molecular formula is C16H21NS2. The van der Waals surface area contributed by atoms with Gasteiger partial charge in [0.05, 0.1) is 0 Å². The highest BCUT2D eigenvalue weighted by atomic mass is 32.1. The lowest BCUT2D eigenvalue weighted by Gasteiger charge is -2.27. The van der Waals surface area contributed by atoms with Gasteiger partial charge in [0.2, 0.25) is 0 Å². The zero-order valence-electron chi connectivity index (χ0n) is 11.4. The number of rotatable bonds is 5. The van der Waals surface area contributed by atoms with Crippen molar-refractivity contribution in [2.45, 2.75) is 38.1 Å². The molecule has 0 N–H and O–H groups in total. The second kappa shape index (κ2) is 6.21. The van der Waals surface area contributed by atoms with E-state index in [4.69, 9.17) is 0 Å². The van der Waals surface area contributed by atoms with Crippen LogP contribution < -0.4 is 0 Å². The molecule has 0 aromatic carbocycles. The topological polar surface area (TPSA) is 3.24 Å². The lowest BCUT2D eigenvalue weighted by molar-refractivity contribution is 0.242. The van der Waals surface area contributed by atoms with Crippen molar-refractivity contribution in [3.05, 3.63) is 44.8 Å². The van der Waals surface area contributed by atoms with Crippen LogP contribution in [-0.4, -0.2) is 24.0 Å². The third-order valence-electron chi connectivity index (χ3n) is 4.11. The Morgan fingerprint density at radius 3 is 2.11 bits per heavy atom. The molecular weight excluding hydrogens is 270 g/mol. The van der Waals surface area contributed by atoms with Gasteiger partial charge in [-0.1, -0.05) is 12.1 Å². The third-order valence-corrected chi connectivity index (χ3v) is 6.09. The van der Waals surface area contributed by atoms with E-state index in [1.165, 1.54) is 42.1 Å². The van der Waals surface area contributed by atoms with Crippen LogP contribution in [0.3, 0.4) is 0 Å². The van der Waals surface area contributed by atoms with Crippen LogP contribution in [0.5, 0.6) is 0 Å². The van der Waals surface area contributed by atoms with E-state index < -0.39 is 0 Å². The van der Waals surface area contributed by atoms with Crippen LogP contribution in [0.25, 0.3) is 0 Å². The van der Waals surface area contributed by atoms with Gasteiger partial charge in [-0.3, -0.25) is 0 Å². The molecule has 102 valence electrons. The monoisotopic (exact) mass is 291 g/mol. The summed E-state index contributed by atoms with van der Waals surface area (Å²) in [5.41, 5.74) is 0. The first-order valence-electron chi connectivity index (χ1n) is 7.15. The van der Waals surface area contributed by atoms with E-state index in [1.54, 1.807) is 0 Å². The second-order valence-electron chi connectivity index (χ2n) is 5.41. The maximum Gasteiger partial charge on any atom is 0.0292 e. The number of thiophene rings is 2. The standard InChI is InChI=1S/C16H21NS2/c1-13(17-8-2-3-9-17)12-14(15-6-4-10-18-15)16-7-5-11-19-16/h4-7,10-11,13-14H,2-3,8-9,12H2,1H3. The molecule has 2 aromatic heterocycles. The predicted octanol–water partition coefficient (Wildman–Crippen LogP) is 4.82. The average molecular weight is 291 g/mol. The largest absolute Gasteiger partial charge is 0.301 e. The van der Waals surface area contributed by atoms with Crippen LogP contribution in [0.4, 0.5) is 0 Å². The highest BCUT2D eigenvalue weighted by Gasteiger charge is 2.24. The van der Waals surface area contributed by atoms with E-state index in [2.05, 4.69) is 46.8 Å². The molecule has 0 radical (unpaired) electrons. The van der Waals surface area contributed by atoms with Crippen LogP contribution in [0, 0.1) is 0 Å². The van der Waals surface area contributed by atoms with E-state index >= 15 is 0 Å². The first-order chi connectivity index (χ1) is 9.34. The van der Waals surface area contributed by atoms with Crippen molar-refractivity contribution >= 4 is 22.7 Å².